The molecule has 1 aliphatic heterocycles. The smallest absolute Gasteiger partial charge is 0.319 e. The van der Waals surface area contributed by atoms with Crippen LogP contribution in [0.4, 0.5) is 0 Å². The van der Waals surface area contributed by atoms with Gasteiger partial charge in [0, 0.05) is 5.57 Å². The van der Waals surface area contributed by atoms with E-state index in [1.807, 2.05) is 13.0 Å². The van der Waals surface area contributed by atoms with Crippen molar-refractivity contribution in [1.29, 1.82) is 0 Å². The molecule has 3 nitrogen and oxygen atoms in total. The maximum Gasteiger partial charge on any atom is 0.319 e. The van der Waals surface area contributed by atoms with E-state index in [9.17, 15) is 4.79 Å². The van der Waals surface area contributed by atoms with Crippen molar-refractivity contribution in [3.05, 3.63) is 11.6 Å². The Balaban J connectivity index is 2.82. The molecule has 1 heterocycles. The van der Waals surface area contributed by atoms with Gasteiger partial charge >= 0.3 is 5.97 Å². The quantitative estimate of drug-likeness (QED) is 0.572. The molecule has 0 aromatic rings. The zero-order chi connectivity index (χ0) is 15.6. The molecule has 116 valence electrons. The Morgan fingerprint density at radius 2 is 1.95 bits per heavy atom. The molecule has 0 aliphatic carbocycles. The SMILES string of the molecule is CCCC=C(C)C(=O)O[Si]1(C)CCC(C)(C)O[Si]1(C)C. The van der Waals surface area contributed by atoms with E-state index < -0.39 is 15.7 Å². The predicted molar refractivity (Wildman–Crippen MR) is 88.4 cm³/mol. The summed E-state index contributed by atoms with van der Waals surface area (Å²) >= 11 is 0. The van der Waals surface area contributed by atoms with Crippen LogP contribution in [0.3, 0.4) is 0 Å². The van der Waals surface area contributed by atoms with Gasteiger partial charge in [-0.05, 0) is 59.3 Å². The maximum atomic E-state index is 12.3. The van der Waals surface area contributed by atoms with Gasteiger partial charge in [0.25, 0.3) is 7.83 Å². The normalized spacial score (nSPS) is 29.1. The highest BCUT2D eigenvalue weighted by atomic mass is 29.3. The van der Waals surface area contributed by atoms with Gasteiger partial charge < -0.3 is 8.85 Å². The van der Waals surface area contributed by atoms with Crippen molar-refractivity contribution in [3.63, 3.8) is 0 Å². The van der Waals surface area contributed by atoms with E-state index in [-0.39, 0.29) is 11.6 Å². The fourth-order valence-corrected chi connectivity index (χ4v) is 11.6. The number of allylic oxidation sites excluding steroid dienone is 1. The number of hydrogen-bond acceptors (Lipinski definition) is 3. The lowest BCUT2D eigenvalue weighted by Crippen LogP contribution is -2.67. The van der Waals surface area contributed by atoms with Gasteiger partial charge in [0.05, 0.1) is 5.60 Å². The zero-order valence-corrected chi connectivity index (χ0v) is 16.1. The van der Waals surface area contributed by atoms with Crippen LogP contribution < -0.4 is 0 Å². The van der Waals surface area contributed by atoms with Crippen LogP contribution in [0.1, 0.15) is 47.0 Å². The minimum absolute atomic E-state index is 0.0677. The number of carbonyl (C=O) groups is 1. The van der Waals surface area contributed by atoms with Crippen molar-refractivity contribution in [3.8, 4) is 0 Å². The Bertz CT molecular complexity index is 402. The van der Waals surface area contributed by atoms with Crippen LogP contribution in [0.2, 0.25) is 25.7 Å². The molecule has 0 amide bonds. The highest BCUT2D eigenvalue weighted by Gasteiger charge is 2.57. The van der Waals surface area contributed by atoms with Gasteiger partial charge in [-0.1, -0.05) is 19.4 Å². The van der Waals surface area contributed by atoms with Gasteiger partial charge in [-0.3, -0.25) is 0 Å². The van der Waals surface area contributed by atoms with E-state index in [0.29, 0.717) is 0 Å². The fourth-order valence-electron chi connectivity index (χ4n) is 2.59. The van der Waals surface area contributed by atoms with E-state index in [2.05, 4.69) is 40.4 Å². The van der Waals surface area contributed by atoms with Crippen molar-refractivity contribution >= 4 is 21.6 Å². The first-order chi connectivity index (χ1) is 9.03. The Hall–Kier alpha value is -0.396. The molecule has 1 aliphatic rings. The van der Waals surface area contributed by atoms with Crippen LogP contribution in [0.5, 0.6) is 0 Å². The first kappa shape index (κ1) is 17.7. The molecule has 0 bridgehead atoms. The molecule has 0 spiro atoms. The Labute approximate surface area is 125 Å². The number of unbranched alkanes of at least 4 members (excludes halogenated alkanes) is 1. The third kappa shape index (κ3) is 4.05. The lowest BCUT2D eigenvalue weighted by molar-refractivity contribution is -0.131. The van der Waals surface area contributed by atoms with Crippen molar-refractivity contribution in [1.82, 2.24) is 0 Å². The third-order valence-corrected chi connectivity index (χ3v) is 18.8. The molecule has 1 fully saturated rings. The molecule has 20 heavy (non-hydrogen) atoms. The molecular formula is C15H30O3Si2. The van der Waals surface area contributed by atoms with Crippen LogP contribution in [0, 0.1) is 0 Å². The second kappa shape index (κ2) is 6.16. The van der Waals surface area contributed by atoms with Crippen LogP contribution in [0.15, 0.2) is 11.6 Å². The fraction of sp³-hybridized carbons (Fsp3) is 0.800. The minimum Gasteiger partial charge on any atom is -0.516 e. The summed E-state index contributed by atoms with van der Waals surface area (Å²) in [6, 6.07) is 1.02. The number of rotatable bonds is 4. The van der Waals surface area contributed by atoms with E-state index in [1.165, 1.54) is 0 Å². The molecule has 0 aromatic heterocycles. The monoisotopic (exact) mass is 314 g/mol. The second-order valence-electron chi connectivity index (χ2n) is 7.17. The molecule has 0 N–H and O–H groups in total. The van der Waals surface area contributed by atoms with E-state index in [4.69, 9.17) is 8.85 Å². The molecule has 0 aromatic carbocycles. The van der Waals surface area contributed by atoms with Crippen molar-refractivity contribution < 1.29 is 13.6 Å². The highest BCUT2D eigenvalue weighted by Crippen LogP contribution is 2.39. The lowest BCUT2D eigenvalue weighted by atomic mass is 10.1. The van der Waals surface area contributed by atoms with Crippen LogP contribution in [0.25, 0.3) is 0 Å². The third-order valence-electron chi connectivity index (χ3n) is 4.39. The molecule has 1 atom stereocenters. The van der Waals surface area contributed by atoms with Crippen molar-refractivity contribution in [2.45, 2.75) is 78.2 Å². The second-order valence-corrected chi connectivity index (χ2v) is 20.3. The van der Waals surface area contributed by atoms with Crippen molar-refractivity contribution in [2.24, 2.45) is 0 Å². The van der Waals surface area contributed by atoms with Gasteiger partial charge in [-0.15, -0.1) is 0 Å². The van der Waals surface area contributed by atoms with Gasteiger partial charge in [0.15, 0.2) is 0 Å². The lowest BCUT2D eigenvalue weighted by Gasteiger charge is -2.49. The standard InChI is InChI=1S/C15H30O3Si2/c1-8-9-10-13(2)14(16)17-20(7)12-11-15(3,4)18-19(20,5)6/h10H,8-9,11-12H2,1-7H3. The minimum atomic E-state index is -2.09. The molecular weight excluding hydrogens is 284 g/mol. The molecule has 0 radical (unpaired) electrons. The van der Waals surface area contributed by atoms with Gasteiger partial charge in [0.1, 0.15) is 0 Å². The van der Waals surface area contributed by atoms with Crippen LogP contribution in [-0.4, -0.2) is 27.2 Å². The number of hydrogen-bond donors (Lipinski definition) is 0. The van der Waals surface area contributed by atoms with E-state index in [0.717, 1.165) is 30.9 Å². The molecule has 1 saturated heterocycles. The summed E-state index contributed by atoms with van der Waals surface area (Å²) in [5, 5.41) is 0. The van der Waals surface area contributed by atoms with Crippen LogP contribution in [-0.2, 0) is 13.6 Å². The largest absolute Gasteiger partial charge is 0.516 e. The van der Waals surface area contributed by atoms with E-state index in [1.54, 1.807) is 0 Å². The number of carbonyl (C=O) groups excluding carboxylic acids is 1. The first-order valence-electron chi connectivity index (χ1n) is 7.63. The van der Waals surface area contributed by atoms with Crippen LogP contribution >= 0.6 is 0 Å². The summed E-state index contributed by atoms with van der Waals surface area (Å²) < 4.78 is 12.4. The van der Waals surface area contributed by atoms with Gasteiger partial charge in [-0.2, -0.15) is 0 Å². The predicted octanol–water partition coefficient (Wildman–Crippen LogP) is 4.33. The Morgan fingerprint density at radius 1 is 1.35 bits per heavy atom. The Morgan fingerprint density at radius 3 is 2.45 bits per heavy atom. The summed E-state index contributed by atoms with van der Waals surface area (Å²) in [6.45, 7) is 14.8. The molecule has 1 unspecified atom stereocenters. The Kier molecular flexibility index (Phi) is 5.43. The average molecular weight is 315 g/mol. The first-order valence-corrected chi connectivity index (χ1v) is 14.2. The summed E-state index contributed by atoms with van der Waals surface area (Å²) in [6.07, 6.45) is 4.96. The zero-order valence-electron chi connectivity index (χ0n) is 14.1. The average Bonchev–Trinajstić information content (AvgIpc) is 2.30. The highest BCUT2D eigenvalue weighted by molar-refractivity contribution is 7.36. The van der Waals surface area contributed by atoms with Gasteiger partial charge in [-0.25, -0.2) is 4.79 Å². The summed E-state index contributed by atoms with van der Waals surface area (Å²) in [4.78, 5) is 12.3. The summed E-state index contributed by atoms with van der Waals surface area (Å²) in [5.74, 6) is -0.128. The topological polar surface area (TPSA) is 35.5 Å². The van der Waals surface area contributed by atoms with Gasteiger partial charge in [0.2, 0.25) is 7.83 Å². The molecule has 0 saturated carbocycles. The van der Waals surface area contributed by atoms with E-state index >= 15 is 0 Å². The maximum absolute atomic E-state index is 12.3. The summed E-state index contributed by atoms with van der Waals surface area (Å²) in [5.41, 5.74) is 0.678. The molecule has 1 rings (SSSR count). The van der Waals surface area contributed by atoms with Crippen molar-refractivity contribution in [2.75, 3.05) is 0 Å². The molecule has 5 heteroatoms. The summed E-state index contributed by atoms with van der Waals surface area (Å²) in [7, 11) is -4.04.